The van der Waals surface area contributed by atoms with Gasteiger partial charge in [0.1, 0.15) is 0 Å². The minimum atomic E-state index is -0.153. The molecular formula is C18H23N3O2. The van der Waals surface area contributed by atoms with Gasteiger partial charge in [0.2, 0.25) is 0 Å². The molecule has 0 saturated carbocycles. The third-order valence-corrected chi connectivity index (χ3v) is 4.18. The Bertz CT molecular complexity index is 592. The van der Waals surface area contributed by atoms with Crippen LogP contribution < -0.4 is 10.6 Å². The summed E-state index contributed by atoms with van der Waals surface area (Å²) in [5.74, 6) is 0. The summed E-state index contributed by atoms with van der Waals surface area (Å²) in [5.41, 5.74) is 2.09. The molecule has 2 amide bonds. The van der Waals surface area contributed by atoms with E-state index >= 15 is 0 Å². The van der Waals surface area contributed by atoms with Gasteiger partial charge in [0.25, 0.3) is 0 Å². The number of nitrogens with one attached hydrogen (secondary N) is 2. The second kappa shape index (κ2) is 7.83. The quantitative estimate of drug-likeness (QED) is 0.862. The summed E-state index contributed by atoms with van der Waals surface area (Å²) in [5, 5.41) is 5.98. The van der Waals surface area contributed by atoms with Crippen molar-refractivity contribution in [1.29, 1.82) is 0 Å². The molecule has 0 aliphatic carbocycles. The lowest BCUT2D eigenvalue weighted by Gasteiger charge is -2.25. The first-order chi connectivity index (χ1) is 11.3. The summed E-state index contributed by atoms with van der Waals surface area (Å²) in [4.78, 5) is 14.6. The fraction of sp³-hybridized carbons (Fsp3) is 0.389. The van der Waals surface area contributed by atoms with Crippen molar-refractivity contribution in [3.8, 4) is 0 Å². The van der Waals surface area contributed by atoms with Gasteiger partial charge in [-0.3, -0.25) is 0 Å². The maximum Gasteiger partial charge on any atom is 0.315 e. The Hall–Kier alpha value is -2.27. The van der Waals surface area contributed by atoms with Crippen LogP contribution in [0.15, 0.2) is 53.3 Å². The van der Waals surface area contributed by atoms with Gasteiger partial charge < -0.3 is 20.0 Å². The van der Waals surface area contributed by atoms with E-state index in [2.05, 4.69) is 27.7 Å². The predicted octanol–water partition coefficient (Wildman–Crippen LogP) is 2.92. The molecule has 1 saturated heterocycles. The number of urea groups is 1. The molecule has 2 heterocycles. The number of hydrogen-bond acceptors (Lipinski definition) is 3. The Morgan fingerprint density at radius 2 is 1.96 bits per heavy atom. The van der Waals surface area contributed by atoms with Crippen LogP contribution in [0.2, 0.25) is 0 Å². The molecule has 0 unspecified atom stereocenters. The lowest BCUT2D eigenvalue weighted by molar-refractivity contribution is 0.229. The molecule has 0 radical (unpaired) electrons. The molecule has 5 nitrogen and oxygen atoms in total. The molecular weight excluding hydrogens is 290 g/mol. The molecule has 0 bridgehead atoms. The second-order valence-electron chi connectivity index (χ2n) is 5.93. The molecule has 122 valence electrons. The molecule has 3 rings (SSSR count). The van der Waals surface area contributed by atoms with Crippen molar-refractivity contribution < 1.29 is 9.21 Å². The average molecular weight is 313 g/mol. The molecule has 0 spiro atoms. The van der Waals surface area contributed by atoms with E-state index in [1.807, 2.05) is 24.3 Å². The normalized spacial score (nSPS) is 16.2. The number of hydrogen-bond donors (Lipinski definition) is 2. The average Bonchev–Trinajstić information content (AvgIpc) is 3.27. The number of amides is 2. The van der Waals surface area contributed by atoms with Crippen LogP contribution in [0.1, 0.15) is 30.0 Å². The highest BCUT2D eigenvalue weighted by molar-refractivity contribution is 5.74. The van der Waals surface area contributed by atoms with E-state index < -0.39 is 0 Å². The zero-order valence-corrected chi connectivity index (χ0v) is 13.2. The maximum atomic E-state index is 12.2. The zero-order valence-electron chi connectivity index (χ0n) is 13.2. The first kappa shape index (κ1) is 15.6. The van der Waals surface area contributed by atoms with Crippen LogP contribution in [-0.2, 0) is 6.54 Å². The zero-order chi connectivity index (χ0) is 15.9. The van der Waals surface area contributed by atoms with Gasteiger partial charge in [-0.1, -0.05) is 30.3 Å². The lowest BCUT2D eigenvalue weighted by atomic mass is 10.1. The van der Waals surface area contributed by atoms with Crippen molar-refractivity contribution in [2.75, 3.05) is 19.6 Å². The van der Waals surface area contributed by atoms with E-state index in [1.165, 1.54) is 12.8 Å². The first-order valence-corrected chi connectivity index (χ1v) is 8.14. The highest BCUT2D eigenvalue weighted by Crippen LogP contribution is 2.17. The second-order valence-corrected chi connectivity index (χ2v) is 5.93. The SMILES string of the molecule is O=C(NCc1ccoc1)N[C@@H](CN1CCCC1)c1ccccc1. The van der Waals surface area contributed by atoms with E-state index in [9.17, 15) is 4.79 Å². The van der Waals surface area contributed by atoms with Crippen molar-refractivity contribution in [1.82, 2.24) is 15.5 Å². The van der Waals surface area contributed by atoms with E-state index in [0.29, 0.717) is 6.54 Å². The summed E-state index contributed by atoms with van der Waals surface area (Å²) in [6.07, 6.45) is 5.73. The fourth-order valence-electron chi connectivity index (χ4n) is 2.93. The van der Waals surface area contributed by atoms with E-state index in [1.54, 1.807) is 12.5 Å². The van der Waals surface area contributed by atoms with Gasteiger partial charge in [0.05, 0.1) is 18.6 Å². The van der Waals surface area contributed by atoms with Crippen LogP contribution in [0.3, 0.4) is 0 Å². The van der Waals surface area contributed by atoms with Gasteiger partial charge in [-0.15, -0.1) is 0 Å². The number of rotatable bonds is 6. The van der Waals surface area contributed by atoms with Crippen LogP contribution in [0.25, 0.3) is 0 Å². The summed E-state index contributed by atoms with van der Waals surface area (Å²) in [6.45, 7) is 3.54. The summed E-state index contributed by atoms with van der Waals surface area (Å²) < 4.78 is 5.01. The number of carbonyl (C=O) groups is 1. The highest BCUT2D eigenvalue weighted by Gasteiger charge is 2.20. The molecule has 1 fully saturated rings. The molecule has 5 heteroatoms. The Labute approximate surface area is 136 Å². The van der Waals surface area contributed by atoms with Crippen LogP contribution in [0.5, 0.6) is 0 Å². The van der Waals surface area contributed by atoms with Crippen molar-refractivity contribution in [3.05, 3.63) is 60.1 Å². The van der Waals surface area contributed by atoms with E-state index in [4.69, 9.17) is 4.42 Å². The molecule has 1 aromatic carbocycles. The molecule has 1 aliphatic rings. The summed E-state index contributed by atoms with van der Waals surface area (Å²) >= 11 is 0. The monoisotopic (exact) mass is 313 g/mol. The highest BCUT2D eigenvalue weighted by atomic mass is 16.3. The van der Waals surface area contributed by atoms with E-state index in [0.717, 1.165) is 30.8 Å². The van der Waals surface area contributed by atoms with Gasteiger partial charge >= 0.3 is 6.03 Å². The largest absolute Gasteiger partial charge is 0.472 e. The maximum absolute atomic E-state index is 12.2. The van der Waals surface area contributed by atoms with Gasteiger partial charge in [-0.25, -0.2) is 4.79 Å². The third kappa shape index (κ3) is 4.60. The first-order valence-electron chi connectivity index (χ1n) is 8.14. The van der Waals surface area contributed by atoms with Crippen molar-refractivity contribution in [3.63, 3.8) is 0 Å². The smallest absolute Gasteiger partial charge is 0.315 e. The standard InChI is InChI=1S/C18H23N3O2/c22-18(19-12-15-8-11-23-14-15)20-17(13-21-9-4-5-10-21)16-6-2-1-3-7-16/h1-3,6-8,11,14,17H,4-5,9-10,12-13H2,(H2,19,20,22)/t17-/m0/s1. The topological polar surface area (TPSA) is 57.5 Å². The Kier molecular flexibility index (Phi) is 5.32. The fourth-order valence-corrected chi connectivity index (χ4v) is 2.93. The van der Waals surface area contributed by atoms with Crippen LogP contribution in [0, 0.1) is 0 Å². The summed E-state index contributed by atoms with van der Waals surface area (Å²) in [6, 6.07) is 11.8. The van der Waals surface area contributed by atoms with Crippen molar-refractivity contribution in [2.24, 2.45) is 0 Å². The number of likely N-dealkylation sites (tertiary alicyclic amines) is 1. The minimum Gasteiger partial charge on any atom is -0.472 e. The predicted molar refractivity (Wildman–Crippen MR) is 88.9 cm³/mol. The molecule has 1 atom stereocenters. The Balaban J connectivity index is 1.59. The molecule has 2 N–H and O–H groups in total. The van der Waals surface area contributed by atoms with Crippen molar-refractivity contribution in [2.45, 2.75) is 25.4 Å². The van der Waals surface area contributed by atoms with Crippen LogP contribution in [-0.4, -0.2) is 30.6 Å². The molecule has 1 aromatic heterocycles. The van der Waals surface area contributed by atoms with Gasteiger partial charge in [0.15, 0.2) is 0 Å². The molecule has 1 aliphatic heterocycles. The minimum absolute atomic E-state index is 0.00125. The number of furan rings is 1. The number of nitrogens with zero attached hydrogens (tertiary/aromatic N) is 1. The van der Waals surface area contributed by atoms with E-state index in [-0.39, 0.29) is 12.1 Å². The third-order valence-electron chi connectivity index (χ3n) is 4.18. The Morgan fingerprint density at radius 1 is 1.17 bits per heavy atom. The lowest BCUT2D eigenvalue weighted by Crippen LogP contribution is -2.42. The van der Waals surface area contributed by atoms with Gasteiger partial charge in [-0.2, -0.15) is 0 Å². The summed E-state index contributed by atoms with van der Waals surface area (Å²) in [7, 11) is 0. The van der Waals surface area contributed by atoms with Crippen molar-refractivity contribution >= 4 is 6.03 Å². The Morgan fingerprint density at radius 3 is 2.65 bits per heavy atom. The van der Waals surface area contributed by atoms with Crippen LogP contribution >= 0.6 is 0 Å². The van der Waals surface area contributed by atoms with Crippen LogP contribution in [0.4, 0.5) is 4.79 Å². The molecule has 23 heavy (non-hydrogen) atoms. The number of carbonyl (C=O) groups excluding carboxylic acids is 1. The van der Waals surface area contributed by atoms with Gasteiger partial charge in [-0.05, 0) is 37.6 Å². The van der Waals surface area contributed by atoms with Gasteiger partial charge in [0, 0.05) is 18.7 Å². The number of benzene rings is 1. The molecule has 2 aromatic rings.